The Hall–Kier alpha value is -2.06. The molecular formula is C17H16ClNO. The number of rotatable bonds is 4. The van der Waals surface area contributed by atoms with Gasteiger partial charge in [0.2, 0.25) is 5.91 Å². The topological polar surface area (TPSA) is 29.1 Å². The molecule has 0 aliphatic rings. The summed E-state index contributed by atoms with van der Waals surface area (Å²) in [5.41, 5.74) is 2.03. The first-order valence-corrected chi connectivity index (χ1v) is 6.82. The molecule has 0 bridgehead atoms. The van der Waals surface area contributed by atoms with Crippen LogP contribution in [0.1, 0.15) is 24.1 Å². The van der Waals surface area contributed by atoms with Gasteiger partial charge < -0.3 is 5.32 Å². The summed E-state index contributed by atoms with van der Waals surface area (Å²) in [6.45, 7) is 1.94. The molecule has 0 fully saturated rings. The first kappa shape index (κ1) is 14.4. The number of carbonyl (C=O) groups is 1. The van der Waals surface area contributed by atoms with Crippen LogP contribution in [-0.4, -0.2) is 5.91 Å². The Kier molecular flexibility index (Phi) is 4.97. The van der Waals surface area contributed by atoms with E-state index < -0.39 is 0 Å². The average molecular weight is 286 g/mol. The number of nitrogens with one attached hydrogen (secondary N) is 1. The van der Waals surface area contributed by atoms with E-state index in [1.807, 2.05) is 61.5 Å². The number of halogens is 1. The standard InChI is InChI=1S/C17H16ClNO/c1-13(15-8-10-16(18)11-9-15)19-17(20)12-7-14-5-3-2-4-6-14/h2-13H,1H3,(H,19,20)/b12-7+/t13-/m0/s1. The fourth-order valence-electron chi connectivity index (χ4n) is 1.83. The van der Waals surface area contributed by atoms with E-state index in [4.69, 9.17) is 11.6 Å². The normalized spacial score (nSPS) is 12.3. The summed E-state index contributed by atoms with van der Waals surface area (Å²) in [4.78, 5) is 11.8. The Morgan fingerprint density at radius 1 is 1.10 bits per heavy atom. The molecule has 0 spiro atoms. The van der Waals surface area contributed by atoms with Gasteiger partial charge in [-0.1, -0.05) is 54.1 Å². The van der Waals surface area contributed by atoms with Crippen molar-refractivity contribution in [2.45, 2.75) is 13.0 Å². The van der Waals surface area contributed by atoms with Gasteiger partial charge in [-0.3, -0.25) is 4.79 Å². The van der Waals surface area contributed by atoms with Crippen LogP contribution in [0.3, 0.4) is 0 Å². The minimum Gasteiger partial charge on any atom is -0.346 e. The lowest BCUT2D eigenvalue weighted by Crippen LogP contribution is -2.24. The first-order chi connectivity index (χ1) is 9.65. The molecule has 0 aromatic heterocycles. The van der Waals surface area contributed by atoms with Gasteiger partial charge in [-0.25, -0.2) is 0 Å². The SMILES string of the molecule is C[C@H](NC(=O)/C=C/c1ccccc1)c1ccc(Cl)cc1. The van der Waals surface area contributed by atoms with Gasteiger partial charge in [0, 0.05) is 11.1 Å². The Morgan fingerprint density at radius 2 is 1.75 bits per heavy atom. The van der Waals surface area contributed by atoms with Gasteiger partial charge in [0.05, 0.1) is 6.04 Å². The maximum atomic E-state index is 11.8. The lowest BCUT2D eigenvalue weighted by Gasteiger charge is -2.12. The van der Waals surface area contributed by atoms with E-state index in [2.05, 4.69) is 5.32 Å². The van der Waals surface area contributed by atoms with Crippen LogP contribution in [0.4, 0.5) is 0 Å². The van der Waals surface area contributed by atoms with Crippen LogP contribution in [0, 0.1) is 0 Å². The van der Waals surface area contributed by atoms with Gasteiger partial charge in [-0.05, 0) is 36.3 Å². The molecule has 1 amide bonds. The number of benzene rings is 2. The number of carbonyl (C=O) groups excluding carboxylic acids is 1. The molecule has 102 valence electrons. The molecule has 2 nitrogen and oxygen atoms in total. The van der Waals surface area contributed by atoms with Crippen molar-refractivity contribution in [1.29, 1.82) is 0 Å². The van der Waals surface area contributed by atoms with Crippen molar-refractivity contribution in [3.8, 4) is 0 Å². The molecule has 0 unspecified atom stereocenters. The van der Waals surface area contributed by atoms with Crippen molar-refractivity contribution in [2.24, 2.45) is 0 Å². The molecular weight excluding hydrogens is 270 g/mol. The van der Waals surface area contributed by atoms with Crippen LogP contribution in [0.15, 0.2) is 60.7 Å². The molecule has 3 heteroatoms. The summed E-state index contributed by atoms with van der Waals surface area (Å²) in [6.07, 6.45) is 3.34. The number of hydrogen-bond acceptors (Lipinski definition) is 1. The smallest absolute Gasteiger partial charge is 0.244 e. The zero-order valence-corrected chi connectivity index (χ0v) is 12.0. The highest BCUT2D eigenvalue weighted by atomic mass is 35.5. The molecule has 0 radical (unpaired) electrons. The van der Waals surface area contributed by atoms with Gasteiger partial charge in [-0.15, -0.1) is 0 Å². The van der Waals surface area contributed by atoms with Crippen molar-refractivity contribution < 1.29 is 4.79 Å². The van der Waals surface area contributed by atoms with Gasteiger partial charge >= 0.3 is 0 Å². The molecule has 1 atom stereocenters. The summed E-state index contributed by atoms with van der Waals surface area (Å²) in [6, 6.07) is 17.1. The van der Waals surface area contributed by atoms with E-state index in [0.29, 0.717) is 5.02 Å². The maximum absolute atomic E-state index is 11.8. The summed E-state index contributed by atoms with van der Waals surface area (Å²) < 4.78 is 0. The summed E-state index contributed by atoms with van der Waals surface area (Å²) in [7, 11) is 0. The van der Waals surface area contributed by atoms with Crippen molar-refractivity contribution in [3.63, 3.8) is 0 Å². The molecule has 2 rings (SSSR count). The zero-order chi connectivity index (χ0) is 14.4. The van der Waals surface area contributed by atoms with Gasteiger partial charge in [-0.2, -0.15) is 0 Å². The van der Waals surface area contributed by atoms with Crippen LogP contribution in [0.25, 0.3) is 6.08 Å². The molecule has 2 aromatic carbocycles. The van der Waals surface area contributed by atoms with Gasteiger partial charge in [0.1, 0.15) is 0 Å². The largest absolute Gasteiger partial charge is 0.346 e. The molecule has 20 heavy (non-hydrogen) atoms. The monoisotopic (exact) mass is 285 g/mol. The van der Waals surface area contributed by atoms with E-state index in [-0.39, 0.29) is 11.9 Å². The summed E-state index contributed by atoms with van der Waals surface area (Å²) in [5.74, 6) is -0.115. The van der Waals surface area contributed by atoms with Crippen LogP contribution < -0.4 is 5.32 Å². The van der Waals surface area contributed by atoms with Crippen LogP contribution in [0.5, 0.6) is 0 Å². The fraction of sp³-hybridized carbons (Fsp3) is 0.118. The third-order valence-corrected chi connectivity index (χ3v) is 3.21. The number of amides is 1. The Bertz CT molecular complexity index is 590. The molecule has 0 aliphatic carbocycles. The van der Waals surface area contributed by atoms with Crippen molar-refractivity contribution in [3.05, 3.63) is 76.8 Å². The van der Waals surface area contributed by atoms with Crippen molar-refractivity contribution >= 4 is 23.6 Å². The molecule has 0 saturated heterocycles. The molecule has 0 saturated carbocycles. The molecule has 0 aliphatic heterocycles. The van der Waals surface area contributed by atoms with Crippen LogP contribution in [0.2, 0.25) is 5.02 Å². The second-order valence-electron chi connectivity index (χ2n) is 4.53. The van der Waals surface area contributed by atoms with Gasteiger partial charge in [0.15, 0.2) is 0 Å². The third-order valence-electron chi connectivity index (χ3n) is 2.96. The third kappa shape index (κ3) is 4.25. The average Bonchev–Trinajstić information content (AvgIpc) is 2.47. The van der Waals surface area contributed by atoms with Crippen LogP contribution >= 0.6 is 11.6 Å². The minimum absolute atomic E-state index is 0.0554. The quantitative estimate of drug-likeness (QED) is 0.837. The highest BCUT2D eigenvalue weighted by Crippen LogP contribution is 2.15. The Labute approximate surface area is 124 Å². The van der Waals surface area contributed by atoms with E-state index in [9.17, 15) is 4.79 Å². The predicted molar refractivity (Wildman–Crippen MR) is 83.5 cm³/mol. The van der Waals surface area contributed by atoms with E-state index in [1.54, 1.807) is 12.2 Å². The summed E-state index contributed by atoms with van der Waals surface area (Å²) >= 11 is 5.84. The molecule has 2 aromatic rings. The maximum Gasteiger partial charge on any atom is 0.244 e. The van der Waals surface area contributed by atoms with E-state index in [0.717, 1.165) is 11.1 Å². The second-order valence-corrected chi connectivity index (χ2v) is 4.96. The lowest BCUT2D eigenvalue weighted by molar-refractivity contribution is -0.117. The predicted octanol–water partition coefficient (Wildman–Crippen LogP) is 4.23. The van der Waals surface area contributed by atoms with Crippen molar-refractivity contribution in [2.75, 3.05) is 0 Å². The minimum atomic E-state index is -0.115. The van der Waals surface area contributed by atoms with Gasteiger partial charge in [0.25, 0.3) is 0 Å². The first-order valence-electron chi connectivity index (χ1n) is 6.44. The van der Waals surface area contributed by atoms with E-state index in [1.165, 1.54) is 0 Å². The zero-order valence-electron chi connectivity index (χ0n) is 11.2. The fourth-order valence-corrected chi connectivity index (χ4v) is 1.96. The highest BCUT2D eigenvalue weighted by molar-refractivity contribution is 6.30. The molecule has 1 N–H and O–H groups in total. The highest BCUT2D eigenvalue weighted by Gasteiger charge is 2.06. The number of hydrogen-bond donors (Lipinski definition) is 1. The van der Waals surface area contributed by atoms with Crippen LogP contribution in [-0.2, 0) is 4.79 Å². The summed E-state index contributed by atoms with van der Waals surface area (Å²) in [5, 5.41) is 3.61. The van der Waals surface area contributed by atoms with E-state index >= 15 is 0 Å². The van der Waals surface area contributed by atoms with Crippen molar-refractivity contribution in [1.82, 2.24) is 5.32 Å². The lowest BCUT2D eigenvalue weighted by atomic mass is 10.1. The Balaban J connectivity index is 1.94. The second kappa shape index (κ2) is 6.92. The molecule has 0 heterocycles. The Morgan fingerprint density at radius 3 is 2.40 bits per heavy atom.